The van der Waals surface area contributed by atoms with Crippen LogP contribution in [0.1, 0.15) is 29.6 Å². The Kier molecular flexibility index (Phi) is 7.00. The van der Waals surface area contributed by atoms with E-state index in [1.54, 1.807) is 36.4 Å². The lowest BCUT2D eigenvalue weighted by atomic mass is 10.0. The topological polar surface area (TPSA) is 63.2 Å². The van der Waals surface area contributed by atoms with E-state index in [0.29, 0.717) is 26.3 Å². The number of carbonyl (C=O) groups excluding carboxylic acids is 3. The van der Waals surface area contributed by atoms with Crippen LogP contribution in [-0.2, 0) is 9.59 Å². The van der Waals surface area contributed by atoms with Crippen molar-refractivity contribution in [2.24, 2.45) is 0 Å². The van der Waals surface area contributed by atoms with E-state index in [0.717, 1.165) is 0 Å². The highest BCUT2D eigenvalue weighted by Gasteiger charge is 2.14. The summed E-state index contributed by atoms with van der Waals surface area (Å²) in [7, 11) is 0. The third kappa shape index (κ3) is 6.16. The van der Waals surface area contributed by atoms with Crippen LogP contribution in [0.15, 0.2) is 42.5 Å². The second-order valence-corrected chi connectivity index (χ2v) is 6.57. The van der Waals surface area contributed by atoms with Crippen molar-refractivity contribution in [2.45, 2.75) is 19.3 Å². The number of hydrogen-bond acceptors (Lipinski definition) is 3. The number of benzene rings is 2. The zero-order valence-corrected chi connectivity index (χ0v) is 15.3. The first-order chi connectivity index (χ1) is 11.8. The summed E-state index contributed by atoms with van der Waals surface area (Å²) in [6, 6.07) is 11.0. The Hall–Kier alpha value is -1.88. The molecule has 0 bridgehead atoms. The van der Waals surface area contributed by atoms with Crippen LogP contribution in [0.2, 0.25) is 15.1 Å². The van der Waals surface area contributed by atoms with Gasteiger partial charge < -0.3 is 5.32 Å². The molecule has 0 aliphatic carbocycles. The van der Waals surface area contributed by atoms with Gasteiger partial charge in [-0.15, -0.1) is 0 Å². The monoisotopic (exact) mass is 397 g/mol. The number of carbonyl (C=O) groups is 3. The van der Waals surface area contributed by atoms with Crippen molar-refractivity contribution in [3.63, 3.8) is 0 Å². The molecule has 2 rings (SSSR count). The predicted octanol–water partition coefficient (Wildman–Crippen LogP) is 5.21. The van der Waals surface area contributed by atoms with Crippen molar-refractivity contribution in [1.29, 1.82) is 0 Å². The van der Waals surface area contributed by atoms with Crippen LogP contribution >= 0.6 is 34.8 Å². The first kappa shape index (κ1) is 19.4. The molecule has 130 valence electrons. The number of ketones is 2. The molecule has 0 radical (unpaired) electrons. The number of Topliss-reactive ketones (excluding diaryl/α,β-unsaturated/α-hetero) is 2. The molecular formula is C18H14Cl3NO3. The van der Waals surface area contributed by atoms with Crippen LogP contribution in [0.4, 0.5) is 5.69 Å². The van der Waals surface area contributed by atoms with Crippen LogP contribution in [0.25, 0.3) is 0 Å². The second-order valence-electron chi connectivity index (χ2n) is 5.32. The highest BCUT2D eigenvalue weighted by Crippen LogP contribution is 2.25. The largest absolute Gasteiger partial charge is 0.326 e. The normalized spacial score (nSPS) is 10.4. The quantitative estimate of drug-likeness (QED) is 0.514. The number of rotatable bonds is 7. The number of anilines is 1. The molecule has 0 saturated heterocycles. The third-order valence-corrected chi connectivity index (χ3v) is 4.35. The molecule has 1 amide bonds. The molecule has 25 heavy (non-hydrogen) atoms. The smallest absolute Gasteiger partial charge is 0.224 e. The summed E-state index contributed by atoms with van der Waals surface area (Å²) >= 11 is 17.4. The predicted molar refractivity (Wildman–Crippen MR) is 99.7 cm³/mol. The first-order valence-corrected chi connectivity index (χ1v) is 8.54. The number of nitrogens with one attached hydrogen (secondary N) is 1. The molecule has 2 aromatic rings. The number of halogens is 3. The zero-order chi connectivity index (χ0) is 18.4. The minimum absolute atomic E-state index is 0.0209. The molecule has 0 unspecified atom stereocenters. The minimum atomic E-state index is -0.342. The first-order valence-electron chi connectivity index (χ1n) is 7.40. The second kappa shape index (κ2) is 8.99. The van der Waals surface area contributed by atoms with Crippen LogP contribution in [-0.4, -0.2) is 17.5 Å². The van der Waals surface area contributed by atoms with Gasteiger partial charge in [-0.25, -0.2) is 0 Å². The molecule has 0 fully saturated rings. The van der Waals surface area contributed by atoms with Gasteiger partial charge in [0.25, 0.3) is 0 Å². The van der Waals surface area contributed by atoms with Gasteiger partial charge >= 0.3 is 0 Å². The summed E-state index contributed by atoms with van der Waals surface area (Å²) in [5, 5.41) is 3.85. The van der Waals surface area contributed by atoms with Crippen molar-refractivity contribution in [2.75, 3.05) is 5.32 Å². The third-order valence-electron chi connectivity index (χ3n) is 3.36. The van der Waals surface area contributed by atoms with Gasteiger partial charge in [0.2, 0.25) is 5.91 Å². The van der Waals surface area contributed by atoms with E-state index in [2.05, 4.69) is 5.32 Å². The van der Waals surface area contributed by atoms with Crippen molar-refractivity contribution in [1.82, 2.24) is 0 Å². The van der Waals surface area contributed by atoms with Crippen LogP contribution in [0.3, 0.4) is 0 Å². The molecule has 4 nitrogen and oxygen atoms in total. The van der Waals surface area contributed by atoms with Gasteiger partial charge in [0, 0.05) is 29.1 Å². The summed E-state index contributed by atoms with van der Waals surface area (Å²) in [4.78, 5) is 35.7. The molecule has 0 saturated carbocycles. The summed E-state index contributed by atoms with van der Waals surface area (Å²) in [6.45, 7) is 0. The van der Waals surface area contributed by atoms with Gasteiger partial charge in [0.05, 0.1) is 16.5 Å². The molecule has 0 spiro atoms. The van der Waals surface area contributed by atoms with Gasteiger partial charge in [-0.2, -0.15) is 0 Å². The van der Waals surface area contributed by atoms with E-state index >= 15 is 0 Å². The van der Waals surface area contributed by atoms with Gasteiger partial charge in [0.15, 0.2) is 5.78 Å². The minimum Gasteiger partial charge on any atom is -0.326 e. The maximum absolute atomic E-state index is 12.0. The molecule has 2 aromatic carbocycles. The van der Waals surface area contributed by atoms with Gasteiger partial charge in [-0.1, -0.05) is 34.8 Å². The van der Waals surface area contributed by atoms with Gasteiger partial charge in [-0.05, 0) is 42.5 Å². The highest BCUT2D eigenvalue weighted by molar-refractivity contribution is 6.42. The molecule has 0 aliphatic rings. The van der Waals surface area contributed by atoms with E-state index in [4.69, 9.17) is 34.8 Å². The molecular weight excluding hydrogens is 385 g/mol. The average Bonchev–Trinajstić information content (AvgIpc) is 2.57. The standard InChI is InChI=1S/C18H14Cl3NO3/c19-12-3-1-11(2-4-12)17(24)10-14(23)6-8-18(25)22-13-5-7-15(20)16(21)9-13/h1-5,7,9H,6,8,10H2,(H,22,25). The Bertz CT molecular complexity index is 804. The SMILES string of the molecule is O=C(CCC(=O)Nc1ccc(Cl)c(Cl)c1)CC(=O)c1ccc(Cl)cc1. The lowest BCUT2D eigenvalue weighted by Crippen LogP contribution is -2.15. The zero-order valence-electron chi connectivity index (χ0n) is 13.0. The molecule has 0 atom stereocenters. The van der Waals surface area contributed by atoms with Crippen molar-refractivity contribution < 1.29 is 14.4 Å². The van der Waals surface area contributed by atoms with E-state index in [-0.39, 0.29) is 36.7 Å². The molecule has 0 aromatic heterocycles. The number of amides is 1. The van der Waals surface area contributed by atoms with E-state index in [1.165, 1.54) is 6.07 Å². The maximum atomic E-state index is 12.0. The molecule has 7 heteroatoms. The summed E-state index contributed by atoms with van der Waals surface area (Å²) < 4.78 is 0. The Balaban J connectivity index is 1.80. The van der Waals surface area contributed by atoms with Gasteiger partial charge in [-0.3, -0.25) is 14.4 Å². The average molecular weight is 399 g/mol. The van der Waals surface area contributed by atoms with E-state index < -0.39 is 0 Å². The molecule has 0 aliphatic heterocycles. The van der Waals surface area contributed by atoms with Crippen LogP contribution in [0.5, 0.6) is 0 Å². The summed E-state index contributed by atoms with van der Waals surface area (Å²) in [5.74, 6) is -0.943. The Labute approximate surface area is 160 Å². The Morgan fingerprint density at radius 2 is 1.52 bits per heavy atom. The maximum Gasteiger partial charge on any atom is 0.224 e. The fourth-order valence-corrected chi connectivity index (χ4v) is 2.48. The van der Waals surface area contributed by atoms with Crippen molar-refractivity contribution in [3.8, 4) is 0 Å². The fourth-order valence-electron chi connectivity index (χ4n) is 2.06. The van der Waals surface area contributed by atoms with Crippen LogP contribution in [0, 0.1) is 0 Å². The number of hydrogen-bond donors (Lipinski definition) is 1. The molecule has 0 heterocycles. The van der Waals surface area contributed by atoms with Crippen molar-refractivity contribution in [3.05, 3.63) is 63.1 Å². The van der Waals surface area contributed by atoms with Gasteiger partial charge in [0.1, 0.15) is 5.78 Å². The van der Waals surface area contributed by atoms with Crippen molar-refractivity contribution >= 4 is 58.0 Å². The lowest BCUT2D eigenvalue weighted by molar-refractivity contribution is -0.122. The van der Waals surface area contributed by atoms with E-state index in [1.807, 2.05) is 0 Å². The van der Waals surface area contributed by atoms with E-state index in [9.17, 15) is 14.4 Å². The molecule has 1 N–H and O–H groups in total. The lowest BCUT2D eigenvalue weighted by Gasteiger charge is -2.06. The highest BCUT2D eigenvalue weighted by atomic mass is 35.5. The summed E-state index contributed by atoms with van der Waals surface area (Å²) in [6.07, 6.45) is -0.291. The van der Waals surface area contributed by atoms with Crippen LogP contribution < -0.4 is 5.32 Å². The Morgan fingerprint density at radius 1 is 0.840 bits per heavy atom. The fraction of sp³-hybridized carbons (Fsp3) is 0.167. The Morgan fingerprint density at radius 3 is 2.16 bits per heavy atom. The summed E-state index contributed by atoms with van der Waals surface area (Å²) in [5.41, 5.74) is 0.905.